The molecule has 29 heavy (non-hydrogen) atoms. The Morgan fingerprint density at radius 1 is 1.28 bits per heavy atom. The maximum absolute atomic E-state index is 12.0. The highest BCUT2D eigenvalue weighted by Crippen LogP contribution is 2.15. The fourth-order valence-corrected chi connectivity index (χ4v) is 2.92. The number of guanidine groups is 1. The smallest absolute Gasteiger partial charge is 0.410 e. The molecule has 1 aromatic carbocycles. The fraction of sp³-hybridized carbons (Fsp3) is 0.619. The molecule has 1 fully saturated rings. The van der Waals surface area contributed by atoms with E-state index < -0.39 is 5.60 Å². The predicted molar refractivity (Wildman–Crippen MR) is 129 cm³/mol. The Morgan fingerprint density at radius 3 is 2.52 bits per heavy atom. The van der Waals surface area contributed by atoms with Crippen molar-refractivity contribution < 1.29 is 9.53 Å². The summed E-state index contributed by atoms with van der Waals surface area (Å²) < 4.78 is 5.40. The standard InChI is InChI=1S/C21H35N5O2.HI/c1-7-22-19(23-12-16-9-8-10-17(11-16)13-25(5)6)24-18-14-26(15-18)20(27)28-21(2,3)4;/h8-11,18H,7,12-15H2,1-6H3,(H2,22,23,24);1H. The fourth-order valence-electron chi connectivity index (χ4n) is 2.92. The van der Waals surface area contributed by atoms with Gasteiger partial charge in [0, 0.05) is 26.2 Å². The monoisotopic (exact) mass is 517 g/mol. The minimum Gasteiger partial charge on any atom is -0.444 e. The van der Waals surface area contributed by atoms with Crippen molar-refractivity contribution in [1.82, 2.24) is 20.4 Å². The zero-order valence-corrected chi connectivity index (χ0v) is 20.8. The molecule has 8 heteroatoms. The highest BCUT2D eigenvalue weighted by Gasteiger charge is 2.34. The summed E-state index contributed by atoms with van der Waals surface area (Å²) >= 11 is 0. The van der Waals surface area contributed by atoms with E-state index in [1.807, 2.05) is 27.7 Å². The van der Waals surface area contributed by atoms with Gasteiger partial charge in [-0.15, -0.1) is 24.0 Å². The summed E-state index contributed by atoms with van der Waals surface area (Å²) in [5, 5.41) is 6.68. The Bertz CT molecular complexity index is 682. The van der Waals surface area contributed by atoms with Crippen molar-refractivity contribution in [2.24, 2.45) is 4.99 Å². The Kier molecular flexibility index (Phi) is 10.2. The van der Waals surface area contributed by atoms with Crippen molar-refractivity contribution in [2.45, 2.75) is 52.4 Å². The van der Waals surface area contributed by atoms with E-state index in [-0.39, 0.29) is 36.1 Å². The number of hydrogen-bond acceptors (Lipinski definition) is 4. The van der Waals surface area contributed by atoms with Crippen molar-refractivity contribution in [3.63, 3.8) is 0 Å². The topological polar surface area (TPSA) is 69.2 Å². The number of carbonyl (C=O) groups excluding carboxylic acids is 1. The molecular formula is C21H36IN5O2. The van der Waals surface area contributed by atoms with E-state index in [1.54, 1.807) is 4.90 Å². The number of nitrogens with one attached hydrogen (secondary N) is 2. The minimum atomic E-state index is -0.465. The minimum absolute atomic E-state index is 0. The SMILES string of the molecule is CCNC(=NCc1cccc(CN(C)C)c1)NC1CN(C(=O)OC(C)(C)C)C1.I. The molecule has 2 N–H and O–H groups in total. The van der Waals surface area contributed by atoms with Gasteiger partial charge in [-0.25, -0.2) is 9.79 Å². The molecule has 2 rings (SSSR count). The first-order valence-electron chi connectivity index (χ1n) is 9.91. The van der Waals surface area contributed by atoms with Crippen molar-refractivity contribution >= 4 is 36.0 Å². The lowest BCUT2D eigenvalue weighted by Gasteiger charge is -2.40. The summed E-state index contributed by atoms with van der Waals surface area (Å²) in [4.78, 5) is 20.6. The van der Waals surface area contributed by atoms with Crippen LogP contribution in [-0.2, 0) is 17.8 Å². The van der Waals surface area contributed by atoms with Crippen LogP contribution in [0.15, 0.2) is 29.3 Å². The maximum atomic E-state index is 12.0. The summed E-state index contributed by atoms with van der Waals surface area (Å²) in [5.74, 6) is 0.773. The zero-order chi connectivity index (χ0) is 20.7. The molecule has 0 bridgehead atoms. The normalized spacial score (nSPS) is 14.9. The van der Waals surface area contributed by atoms with Gasteiger partial charge in [0.1, 0.15) is 5.60 Å². The summed E-state index contributed by atoms with van der Waals surface area (Å²) in [5.41, 5.74) is 2.00. The number of benzene rings is 1. The molecule has 164 valence electrons. The quantitative estimate of drug-likeness (QED) is 0.345. The third kappa shape index (κ3) is 9.20. The molecule has 1 aromatic rings. The van der Waals surface area contributed by atoms with Gasteiger partial charge in [0.2, 0.25) is 0 Å². The second-order valence-electron chi connectivity index (χ2n) is 8.48. The molecule has 0 spiro atoms. The number of nitrogens with zero attached hydrogens (tertiary/aromatic N) is 3. The lowest BCUT2D eigenvalue weighted by Crippen LogP contribution is -2.63. The molecule has 0 unspecified atom stereocenters. The van der Waals surface area contributed by atoms with Gasteiger partial charge < -0.3 is 25.2 Å². The lowest BCUT2D eigenvalue weighted by atomic mass is 10.1. The van der Waals surface area contributed by atoms with Gasteiger partial charge in [-0.05, 0) is 52.9 Å². The number of hydrogen-bond donors (Lipinski definition) is 2. The molecule has 0 radical (unpaired) electrons. The van der Waals surface area contributed by atoms with Crippen LogP contribution in [0.25, 0.3) is 0 Å². The number of carbonyl (C=O) groups is 1. The molecule has 1 amide bonds. The largest absolute Gasteiger partial charge is 0.444 e. The Morgan fingerprint density at radius 2 is 1.93 bits per heavy atom. The second kappa shape index (κ2) is 11.6. The van der Waals surface area contributed by atoms with Crippen LogP contribution in [0.3, 0.4) is 0 Å². The van der Waals surface area contributed by atoms with E-state index in [0.717, 1.165) is 19.0 Å². The molecule has 0 saturated carbocycles. The van der Waals surface area contributed by atoms with Crippen LogP contribution in [0.4, 0.5) is 4.79 Å². The van der Waals surface area contributed by atoms with E-state index in [1.165, 1.54) is 11.1 Å². The first-order valence-corrected chi connectivity index (χ1v) is 9.91. The van der Waals surface area contributed by atoms with Gasteiger partial charge >= 0.3 is 6.09 Å². The van der Waals surface area contributed by atoms with Gasteiger partial charge in [-0.3, -0.25) is 0 Å². The maximum Gasteiger partial charge on any atom is 0.410 e. The molecule has 7 nitrogen and oxygen atoms in total. The van der Waals surface area contributed by atoms with Crippen molar-refractivity contribution in [3.05, 3.63) is 35.4 Å². The van der Waals surface area contributed by atoms with Crippen LogP contribution in [-0.4, -0.2) is 67.2 Å². The van der Waals surface area contributed by atoms with Crippen LogP contribution >= 0.6 is 24.0 Å². The van der Waals surface area contributed by atoms with Crippen LogP contribution in [0.1, 0.15) is 38.8 Å². The zero-order valence-electron chi connectivity index (χ0n) is 18.5. The molecule has 1 saturated heterocycles. The third-order valence-corrected chi connectivity index (χ3v) is 4.13. The Hall–Kier alpha value is -1.55. The van der Waals surface area contributed by atoms with E-state index in [2.05, 4.69) is 53.9 Å². The second-order valence-corrected chi connectivity index (χ2v) is 8.48. The number of rotatable bonds is 6. The predicted octanol–water partition coefficient (Wildman–Crippen LogP) is 3.04. The number of amides is 1. The summed E-state index contributed by atoms with van der Waals surface area (Å²) in [7, 11) is 4.13. The van der Waals surface area contributed by atoms with Gasteiger partial charge in [0.05, 0.1) is 12.6 Å². The van der Waals surface area contributed by atoms with Gasteiger partial charge in [-0.2, -0.15) is 0 Å². The molecular weight excluding hydrogens is 481 g/mol. The van der Waals surface area contributed by atoms with Crippen LogP contribution in [0, 0.1) is 0 Å². The molecule has 0 atom stereocenters. The summed E-state index contributed by atoms with van der Waals surface area (Å²) in [6, 6.07) is 8.69. The average Bonchev–Trinajstić information content (AvgIpc) is 2.53. The first kappa shape index (κ1) is 25.5. The Labute approximate surface area is 192 Å². The van der Waals surface area contributed by atoms with Gasteiger partial charge in [0.15, 0.2) is 5.96 Å². The third-order valence-electron chi connectivity index (χ3n) is 4.13. The number of likely N-dealkylation sites (tertiary alicyclic amines) is 1. The molecule has 1 heterocycles. The number of halogens is 1. The number of aliphatic imine (C=N–C) groups is 1. The van der Waals surface area contributed by atoms with Crippen LogP contribution in [0.2, 0.25) is 0 Å². The van der Waals surface area contributed by atoms with E-state index in [9.17, 15) is 4.79 Å². The van der Waals surface area contributed by atoms with E-state index in [0.29, 0.717) is 19.6 Å². The van der Waals surface area contributed by atoms with E-state index in [4.69, 9.17) is 9.73 Å². The first-order chi connectivity index (χ1) is 13.2. The molecule has 1 aliphatic rings. The molecule has 0 aromatic heterocycles. The molecule has 1 aliphatic heterocycles. The van der Waals surface area contributed by atoms with Gasteiger partial charge in [-0.1, -0.05) is 24.3 Å². The molecule has 0 aliphatic carbocycles. The van der Waals surface area contributed by atoms with E-state index >= 15 is 0 Å². The van der Waals surface area contributed by atoms with Crippen LogP contribution in [0.5, 0.6) is 0 Å². The highest BCUT2D eigenvalue weighted by molar-refractivity contribution is 14.0. The van der Waals surface area contributed by atoms with Crippen molar-refractivity contribution in [1.29, 1.82) is 0 Å². The Balaban J connectivity index is 0.00000420. The van der Waals surface area contributed by atoms with Gasteiger partial charge in [0.25, 0.3) is 0 Å². The average molecular weight is 517 g/mol. The lowest BCUT2D eigenvalue weighted by molar-refractivity contribution is 0.00701. The van der Waals surface area contributed by atoms with Crippen LogP contribution < -0.4 is 10.6 Å². The summed E-state index contributed by atoms with van der Waals surface area (Å²) in [6.45, 7) is 11.2. The summed E-state index contributed by atoms with van der Waals surface area (Å²) in [6.07, 6.45) is -0.259. The van der Waals surface area contributed by atoms with Crippen molar-refractivity contribution in [2.75, 3.05) is 33.7 Å². The highest BCUT2D eigenvalue weighted by atomic mass is 127. The van der Waals surface area contributed by atoms with Crippen molar-refractivity contribution in [3.8, 4) is 0 Å². The number of ether oxygens (including phenoxy) is 1.